The predicted octanol–water partition coefficient (Wildman–Crippen LogP) is 2.50. The second-order valence-corrected chi connectivity index (χ2v) is 5.87. The monoisotopic (exact) mass is 277 g/mol. The van der Waals surface area contributed by atoms with Gasteiger partial charge in [0.2, 0.25) is 0 Å². The molecule has 0 unspecified atom stereocenters. The highest BCUT2D eigenvalue weighted by atomic mass is 16.5. The van der Waals surface area contributed by atoms with Gasteiger partial charge in [-0.1, -0.05) is 19.9 Å². The van der Waals surface area contributed by atoms with Gasteiger partial charge in [-0.2, -0.15) is 0 Å². The molecule has 0 bridgehead atoms. The van der Waals surface area contributed by atoms with Crippen LogP contribution >= 0.6 is 0 Å². The maximum atomic E-state index is 5.42. The molecule has 1 saturated heterocycles. The topological polar surface area (TPSA) is 37.4 Å². The lowest BCUT2D eigenvalue weighted by atomic mass is 10.1. The van der Waals surface area contributed by atoms with Gasteiger partial charge < -0.3 is 15.0 Å². The van der Waals surface area contributed by atoms with Crippen molar-refractivity contribution in [2.45, 2.75) is 52.3 Å². The maximum Gasteiger partial charge on any atom is 0.128 e. The third kappa shape index (κ3) is 3.93. The van der Waals surface area contributed by atoms with E-state index in [9.17, 15) is 0 Å². The number of ether oxygens (including phenoxy) is 1. The highest BCUT2D eigenvalue weighted by Crippen LogP contribution is 2.20. The van der Waals surface area contributed by atoms with E-state index >= 15 is 0 Å². The van der Waals surface area contributed by atoms with Crippen molar-refractivity contribution in [3.05, 3.63) is 23.4 Å². The molecule has 1 aromatic rings. The molecule has 112 valence electrons. The second kappa shape index (κ2) is 7.04. The van der Waals surface area contributed by atoms with E-state index in [0.717, 1.165) is 44.0 Å². The number of piperidine rings is 1. The molecule has 0 amide bonds. The van der Waals surface area contributed by atoms with Gasteiger partial charge in [-0.25, -0.2) is 4.98 Å². The SMILES string of the molecule is COC1CCN(c2ccc(CNC(C)C)c(C)n2)CC1. The Bertz CT molecular complexity index is 426. The standard InChI is InChI=1S/C16H27N3O/c1-12(2)17-11-14-5-6-16(18-13(14)3)19-9-7-15(20-4)8-10-19/h5-6,12,15,17H,7-11H2,1-4H3. The van der Waals surface area contributed by atoms with Crippen molar-refractivity contribution in [3.8, 4) is 0 Å². The van der Waals surface area contributed by atoms with Crippen LogP contribution in [0.5, 0.6) is 0 Å². The quantitative estimate of drug-likeness (QED) is 0.897. The van der Waals surface area contributed by atoms with Crippen molar-refractivity contribution < 1.29 is 4.74 Å². The molecule has 1 aliphatic rings. The van der Waals surface area contributed by atoms with E-state index in [-0.39, 0.29) is 0 Å². The molecule has 4 nitrogen and oxygen atoms in total. The van der Waals surface area contributed by atoms with Crippen LogP contribution in [0.1, 0.15) is 37.9 Å². The van der Waals surface area contributed by atoms with Gasteiger partial charge in [-0.3, -0.25) is 0 Å². The maximum absolute atomic E-state index is 5.42. The highest BCUT2D eigenvalue weighted by Gasteiger charge is 2.19. The van der Waals surface area contributed by atoms with Gasteiger partial charge in [0.25, 0.3) is 0 Å². The van der Waals surface area contributed by atoms with E-state index in [1.54, 1.807) is 7.11 Å². The number of hydrogen-bond donors (Lipinski definition) is 1. The van der Waals surface area contributed by atoms with Gasteiger partial charge in [-0.05, 0) is 31.4 Å². The summed E-state index contributed by atoms with van der Waals surface area (Å²) in [6.07, 6.45) is 2.60. The Labute approximate surface area is 122 Å². The van der Waals surface area contributed by atoms with Crippen LogP contribution < -0.4 is 10.2 Å². The number of hydrogen-bond acceptors (Lipinski definition) is 4. The number of rotatable bonds is 5. The number of aryl methyl sites for hydroxylation is 1. The average molecular weight is 277 g/mol. The van der Waals surface area contributed by atoms with Gasteiger partial charge in [0.1, 0.15) is 5.82 Å². The van der Waals surface area contributed by atoms with Crippen LogP contribution in [0.15, 0.2) is 12.1 Å². The molecular weight excluding hydrogens is 250 g/mol. The summed E-state index contributed by atoms with van der Waals surface area (Å²) in [7, 11) is 1.80. The van der Waals surface area contributed by atoms with Crippen molar-refractivity contribution in [2.75, 3.05) is 25.1 Å². The average Bonchev–Trinajstić information content (AvgIpc) is 2.46. The molecule has 1 fully saturated rings. The Kier molecular flexibility index (Phi) is 5.38. The zero-order chi connectivity index (χ0) is 14.5. The highest BCUT2D eigenvalue weighted by molar-refractivity contribution is 5.42. The van der Waals surface area contributed by atoms with Crippen molar-refractivity contribution in [3.63, 3.8) is 0 Å². The minimum Gasteiger partial charge on any atom is -0.381 e. The van der Waals surface area contributed by atoms with E-state index in [4.69, 9.17) is 9.72 Å². The third-order valence-electron chi connectivity index (χ3n) is 3.98. The van der Waals surface area contributed by atoms with Crippen molar-refractivity contribution in [1.29, 1.82) is 0 Å². The van der Waals surface area contributed by atoms with E-state index < -0.39 is 0 Å². The van der Waals surface area contributed by atoms with E-state index in [2.05, 4.69) is 43.1 Å². The Balaban J connectivity index is 1.98. The number of aromatic nitrogens is 1. The number of nitrogens with one attached hydrogen (secondary N) is 1. The van der Waals surface area contributed by atoms with Crippen LogP contribution in [-0.2, 0) is 11.3 Å². The lowest BCUT2D eigenvalue weighted by molar-refractivity contribution is 0.0818. The number of pyridine rings is 1. The molecule has 20 heavy (non-hydrogen) atoms. The molecule has 1 aliphatic heterocycles. The summed E-state index contributed by atoms with van der Waals surface area (Å²) in [4.78, 5) is 7.13. The van der Waals surface area contributed by atoms with Crippen LogP contribution in [0.4, 0.5) is 5.82 Å². The van der Waals surface area contributed by atoms with Crippen LogP contribution in [0.2, 0.25) is 0 Å². The molecule has 1 aromatic heterocycles. The summed E-state index contributed by atoms with van der Waals surface area (Å²) in [5, 5.41) is 3.44. The Hall–Kier alpha value is -1.13. The third-order valence-corrected chi connectivity index (χ3v) is 3.98. The second-order valence-electron chi connectivity index (χ2n) is 5.87. The zero-order valence-electron chi connectivity index (χ0n) is 13.1. The molecular formula is C16H27N3O. The van der Waals surface area contributed by atoms with Crippen molar-refractivity contribution in [1.82, 2.24) is 10.3 Å². The summed E-state index contributed by atoms with van der Waals surface area (Å²) in [5.74, 6) is 1.10. The van der Waals surface area contributed by atoms with Crippen LogP contribution in [-0.4, -0.2) is 37.3 Å². The Morgan fingerprint density at radius 1 is 1.35 bits per heavy atom. The lowest BCUT2D eigenvalue weighted by Gasteiger charge is -2.32. The molecule has 0 aromatic carbocycles. The summed E-state index contributed by atoms with van der Waals surface area (Å²) in [6, 6.07) is 4.86. The van der Waals surface area contributed by atoms with E-state index in [0.29, 0.717) is 12.1 Å². The zero-order valence-corrected chi connectivity index (χ0v) is 13.1. The first kappa shape index (κ1) is 15.3. The molecule has 4 heteroatoms. The first-order valence-corrected chi connectivity index (χ1v) is 7.57. The van der Waals surface area contributed by atoms with Crippen LogP contribution in [0.25, 0.3) is 0 Å². The summed E-state index contributed by atoms with van der Waals surface area (Å²) < 4.78 is 5.42. The fourth-order valence-electron chi connectivity index (χ4n) is 2.57. The molecule has 2 heterocycles. The lowest BCUT2D eigenvalue weighted by Crippen LogP contribution is -2.37. The fraction of sp³-hybridized carbons (Fsp3) is 0.688. The first-order valence-electron chi connectivity index (χ1n) is 7.57. The first-order chi connectivity index (χ1) is 9.60. The normalized spacial score (nSPS) is 16.9. The van der Waals surface area contributed by atoms with Gasteiger partial charge in [0.15, 0.2) is 0 Å². The molecule has 2 rings (SSSR count). The summed E-state index contributed by atoms with van der Waals surface area (Å²) in [5.41, 5.74) is 2.42. The van der Waals surface area contributed by atoms with Gasteiger partial charge in [-0.15, -0.1) is 0 Å². The molecule has 0 aliphatic carbocycles. The molecule has 1 N–H and O–H groups in total. The van der Waals surface area contributed by atoms with Crippen LogP contribution in [0, 0.1) is 6.92 Å². The number of anilines is 1. The smallest absolute Gasteiger partial charge is 0.128 e. The molecule has 0 atom stereocenters. The Morgan fingerprint density at radius 3 is 2.60 bits per heavy atom. The Morgan fingerprint density at radius 2 is 2.05 bits per heavy atom. The molecule has 0 radical (unpaired) electrons. The van der Waals surface area contributed by atoms with E-state index in [1.165, 1.54) is 5.56 Å². The number of methoxy groups -OCH3 is 1. The summed E-state index contributed by atoms with van der Waals surface area (Å²) in [6.45, 7) is 9.39. The van der Waals surface area contributed by atoms with Gasteiger partial charge in [0.05, 0.1) is 6.10 Å². The minimum atomic E-state index is 0.418. The van der Waals surface area contributed by atoms with Crippen molar-refractivity contribution >= 4 is 5.82 Å². The summed E-state index contributed by atoms with van der Waals surface area (Å²) >= 11 is 0. The van der Waals surface area contributed by atoms with Crippen LogP contribution in [0.3, 0.4) is 0 Å². The number of nitrogens with zero attached hydrogens (tertiary/aromatic N) is 2. The van der Waals surface area contributed by atoms with E-state index in [1.807, 2.05) is 0 Å². The largest absolute Gasteiger partial charge is 0.381 e. The fourth-order valence-corrected chi connectivity index (χ4v) is 2.57. The van der Waals surface area contributed by atoms with Crippen molar-refractivity contribution in [2.24, 2.45) is 0 Å². The van der Waals surface area contributed by atoms with Gasteiger partial charge >= 0.3 is 0 Å². The van der Waals surface area contributed by atoms with Gasteiger partial charge in [0, 0.05) is 38.5 Å². The minimum absolute atomic E-state index is 0.418. The molecule has 0 spiro atoms. The molecule has 0 saturated carbocycles. The predicted molar refractivity (Wildman–Crippen MR) is 83.2 cm³/mol.